The van der Waals surface area contributed by atoms with E-state index in [0.717, 1.165) is 32.1 Å². The van der Waals surface area contributed by atoms with E-state index >= 15 is 0 Å². The summed E-state index contributed by atoms with van der Waals surface area (Å²) in [5.74, 6) is -0.196. The van der Waals surface area contributed by atoms with Crippen LogP contribution in [-0.4, -0.2) is 30.6 Å². The van der Waals surface area contributed by atoms with Gasteiger partial charge in [-0.2, -0.15) is 0 Å². The van der Waals surface area contributed by atoms with Crippen molar-refractivity contribution >= 4 is 11.9 Å². The summed E-state index contributed by atoms with van der Waals surface area (Å²) in [5.41, 5.74) is 10.7. The van der Waals surface area contributed by atoms with Gasteiger partial charge in [-0.3, -0.25) is 4.79 Å². The van der Waals surface area contributed by atoms with Crippen LogP contribution in [0.25, 0.3) is 0 Å². The Labute approximate surface area is 115 Å². The number of primary amides is 1. The van der Waals surface area contributed by atoms with E-state index in [1.807, 2.05) is 6.92 Å². The van der Waals surface area contributed by atoms with Gasteiger partial charge in [0, 0.05) is 12.6 Å². The molecule has 0 aliphatic heterocycles. The molecule has 0 radical (unpaired) electrons. The van der Waals surface area contributed by atoms with Crippen molar-refractivity contribution < 1.29 is 9.59 Å². The summed E-state index contributed by atoms with van der Waals surface area (Å²) in [4.78, 5) is 23.0. The minimum Gasteiger partial charge on any atom is -0.352 e. The third kappa shape index (κ3) is 8.42. The van der Waals surface area contributed by atoms with Crippen LogP contribution in [0.5, 0.6) is 0 Å². The highest BCUT2D eigenvalue weighted by molar-refractivity contribution is 5.86. The molecule has 0 saturated carbocycles. The Bertz CT molecular complexity index is 271. The van der Waals surface area contributed by atoms with Crippen molar-refractivity contribution in [1.82, 2.24) is 10.6 Å². The molecule has 0 rings (SSSR count). The van der Waals surface area contributed by atoms with Crippen molar-refractivity contribution in [3.05, 3.63) is 0 Å². The molecule has 19 heavy (non-hydrogen) atoms. The molecule has 0 aromatic rings. The molecule has 6 nitrogen and oxygen atoms in total. The van der Waals surface area contributed by atoms with E-state index < -0.39 is 12.1 Å². The van der Waals surface area contributed by atoms with Crippen LogP contribution in [0.4, 0.5) is 4.79 Å². The summed E-state index contributed by atoms with van der Waals surface area (Å²) in [6.45, 7) is 4.53. The van der Waals surface area contributed by atoms with Gasteiger partial charge in [-0.05, 0) is 12.8 Å². The smallest absolute Gasteiger partial charge is 0.312 e. The number of carbonyl (C=O) groups is 2. The van der Waals surface area contributed by atoms with Crippen LogP contribution in [0.15, 0.2) is 0 Å². The summed E-state index contributed by atoms with van der Waals surface area (Å²) < 4.78 is 0. The summed E-state index contributed by atoms with van der Waals surface area (Å²) in [6.07, 6.45) is 5.35. The Morgan fingerprint density at radius 2 is 1.63 bits per heavy atom. The molecule has 0 fully saturated rings. The van der Waals surface area contributed by atoms with Gasteiger partial charge in [0.2, 0.25) is 5.91 Å². The number of hydrogen-bond donors (Lipinski definition) is 4. The minimum absolute atomic E-state index is 0.0359. The molecule has 6 heteroatoms. The van der Waals surface area contributed by atoms with Gasteiger partial charge in [-0.25, -0.2) is 4.79 Å². The quantitative estimate of drug-likeness (QED) is 0.473. The molecule has 0 heterocycles. The van der Waals surface area contributed by atoms with Crippen LogP contribution in [0.3, 0.4) is 0 Å². The predicted molar refractivity (Wildman–Crippen MR) is 76.5 cm³/mol. The first-order valence-corrected chi connectivity index (χ1v) is 7.11. The number of amides is 3. The first-order valence-electron chi connectivity index (χ1n) is 7.11. The van der Waals surface area contributed by atoms with Gasteiger partial charge in [0.05, 0.1) is 0 Å². The normalized spacial score (nSPS) is 13.6. The van der Waals surface area contributed by atoms with Crippen molar-refractivity contribution in [2.24, 2.45) is 11.5 Å². The average molecular weight is 272 g/mol. The number of rotatable bonds is 10. The van der Waals surface area contributed by atoms with E-state index in [0.29, 0.717) is 13.0 Å². The zero-order chi connectivity index (χ0) is 14.7. The number of hydrogen-bond acceptors (Lipinski definition) is 3. The lowest BCUT2D eigenvalue weighted by molar-refractivity contribution is -0.123. The topological polar surface area (TPSA) is 110 Å². The molecular weight excluding hydrogens is 244 g/mol. The van der Waals surface area contributed by atoms with E-state index in [9.17, 15) is 9.59 Å². The van der Waals surface area contributed by atoms with Crippen LogP contribution < -0.4 is 22.1 Å². The number of nitrogens with two attached hydrogens (primary N) is 2. The van der Waals surface area contributed by atoms with Gasteiger partial charge in [-0.1, -0.05) is 39.5 Å². The van der Waals surface area contributed by atoms with Crippen molar-refractivity contribution in [2.45, 2.75) is 64.5 Å². The van der Waals surface area contributed by atoms with Crippen molar-refractivity contribution in [2.75, 3.05) is 6.54 Å². The van der Waals surface area contributed by atoms with Gasteiger partial charge in [0.15, 0.2) is 0 Å². The minimum atomic E-state index is -0.672. The summed E-state index contributed by atoms with van der Waals surface area (Å²) in [6, 6.07) is -1.27. The maximum Gasteiger partial charge on any atom is 0.312 e. The van der Waals surface area contributed by atoms with E-state index in [1.54, 1.807) is 0 Å². The molecular formula is C13H28N4O2. The fourth-order valence-corrected chi connectivity index (χ4v) is 1.85. The molecule has 2 unspecified atom stereocenters. The molecule has 0 aliphatic rings. The lowest BCUT2D eigenvalue weighted by atomic mass is 10.1. The molecule has 112 valence electrons. The van der Waals surface area contributed by atoms with Crippen LogP contribution in [0, 0.1) is 0 Å². The number of unbranched alkanes of at least 4 members (excludes halogenated alkanes) is 2. The second kappa shape index (κ2) is 10.6. The standard InChI is InChI=1S/C13H28N4O2/c1-3-5-7-10(9-14)16-12(18)11(8-6-4-2)17-13(15)19/h10-11H,3-9,14H2,1-2H3,(H,16,18)(H3,15,17,19). The third-order valence-electron chi connectivity index (χ3n) is 3.02. The van der Waals surface area contributed by atoms with Gasteiger partial charge >= 0.3 is 6.03 Å². The third-order valence-corrected chi connectivity index (χ3v) is 3.02. The molecule has 0 aromatic heterocycles. The van der Waals surface area contributed by atoms with Gasteiger partial charge in [-0.15, -0.1) is 0 Å². The van der Waals surface area contributed by atoms with Gasteiger partial charge in [0.1, 0.15) is 6.04 Å². The largest absolute Gasteiger partial charge is 0.352 e. The van der Waals surface area contributed by atoms with Crippen molar-refractivity contribution in [1.29, 1.82) is 0 Å². The fraction of sp³-hybridized carbons (Fsp3) is 0.846. The number of carbonyl (C=O) groups excluding carboxylic acids is 2. The van der Waals surface area contributed by atoms with Gasteiger partial charge < -0.3 is 22.1 Å². The van der Waals surface area contributed by atoms with Crippen LogP contribution in [0.2, 0.25) is 0 Å². The van der Waals surface area contributed by atoms with Crippen molar-refractivity contribution in [3.63, 3.8) is 0 Å². The van der Waals surface area contributed by atoms with Gasteiger partial charge in [0.25, 0.3) is 0 Å². The Morgan fingerprint density at radius 3 is 2.11 bits per heavy atom. The first-order chi connectivity index (χ1) is 9.04. The maximum absolute atomic E-state index is 12.1. The zero-order valence-corrected chi connectivity index (χ0v) is 12.1. The second-order valence-electron chi connectivity index (χ2n) is 4.79. The highest BCUT2D eigenvalue weighted by Gasteiger charge is 2.21. The Morgan fingerprint density at radius 1 is 1.05 bits per heavy atom. The molecule has 0 aliphatic carbocycles. The fourth-order valence-electron chi connectivity index (χ4n) is 1.85. The SMILES string of the molecule is CCCCC(CN)NC(=O)C(CCCC)NC(N)=O. The maximum atomic E-state index is 12.1. The average Bonchev–Trinajstić information content (AvgIpc) is 2.38. The van der Waals surface area contributed by atoms with Crippen LogP contribution in [0.1, 0.15) is 52.4 Å². The monoisotopic (exact) mass is 272 g/mol. The van der Waals surface area contributed by atoms with E-state index in [-0.39, 0.29) is 11.9 Å². The van der Waals surface area contributed by atoms with Crippen molar-refractivity contribution in [3.8, 4) is 0 Å². The van der Waals surface area contributed by atoms with E-state index in [2.05, 4.69) is 17.6 Å². The second-order valence-corrected chi connectivity index (χ2v) is 4.79. The Hall–Kier alpha value is -1.30. The predicted octanol–water partition coefficient (Wildman–Crippen LogP) is 0.847. The number of urea groups is 1. The number of nitrogens with one attached hydrogen (secondary N) is 2. The molecule has 0 bridgehead atoms. The lowest BCUT2D eigenvalue weighted by Crippen LogP contribution is -2.52. The first kappa shape index (κ1) is 17.7. The summed E-state index contributed by atoms with van der Waals surface area (Å²) >= 11 is 0. The van der Waals surface area contributed by atoms with E-state index in [1.165, 1.54) is 0 Å². The van der Waals surface area contributed by atoms with Crippen LogP contribution >= 0.6 is 0 Å². The Kier molecular flexibility index (Phi) is 9.88. The highest BCUT2D eigenvalue weighted by atomic mass is 16.2. The molecule has 6 N–H and O–H groups in total. The van der Waals surface area contributed by atoms with E-state index in [4.69, 9.17) is 11.5 Å². The van der Waals surface area contributed by atoms with Crippen LogP contribution in [-0.2, 0) is 4.79 Å². The molecule has 0 spiro atoms. The molecule has 3 amide bonds. The zero-order valence-electron chi connectivity index (χ0n) is 12.1. The highest BCUT2D eigenvalue weighted by Crippen LogP contribution is 2.04. The Balaban J connectivity index is 4.37. The molecule has 0 saturated heterocycles. The lowest BCUT2D eigenvalue weighted by Gasteiger charge is -2.22. The molecule has 0 aromatic carbocycles. The summed E-state index contributed by atoms with van der Waals surface area (Å²) in [5, 5.41) is 5.37. The summed E-state index contributed by atoms with van der Waals surface area (Å²) in [7, 11) is 0. The molecule has 2 atom stereocenters.